The van der Waals surface area contributed by atoms with Gasteiger partial charge in [-0.25, -0.2) is 0 Å². The van der Waals surface area contributed by atoms with Crippen molar-refractivity contribution in [1.82, 2.24) is 0 Å². The number of hydrogen-bond acceptors (Lipinski definition) is 5. The maximum absolute atomic E-state index is 13.5. The van der Waals surface area contributed by atoms with Gasteiger partial charge in [-0.05, 0) is 99.7 Å². The number of nitrogens with zero attached hydrogens (tertiary/aromatic N) is 2. The molecule has 0 aromatic heterocycles. The average Bonchev–Trinajstić information content (AvgIpc) is 3.52. The Bertz CT molecular complexity index is 1400. The Hall–Kier alpha value is -4.06. The van der Waals surface area contributed by atoms with Crippen LogP contribution in [0.4, 0.5) is 11.4 Å². The summed E-state index contributed by atoms with van der Waals surface area (Å²) in [6.07, 6.45) is 2.36. The summed E-state index contributed by atoms with van der Waals surface area (Å²) in [7, 11) is 0. The van der Waals surface area contributed by atoms with Crippen LogP contribution in [0, 0.1) is 13.8 Å². The molecule has 3 aromatic carbocycles. The van der Waals surface area contributed by atoms with E-state index in [1.807, 2.05) is 76.2 Å². The predicted octanol–water partition coefficient (Wildman–Crippen LogP) is 6.32. The Labute approximate surface area is 224 Å². The number of aliphatic hydroxyl groups is 1. The number of anilines is 2. The first-order valence-corrected chi connectivity index (χ1v) is 13.3. The zero-order chi connectivity index (χ0) is 27.0. The molecule has 6 nitrogen and oxygen atoms in total. The van der Waals surface area contributed by atoms with Gasteiger partial charge in [0.2, 0.25) is 0 Å². The number of hydrogen-bond donors (Lipinski definition) is 1. The van der Waals surface area contributed by atoms with Crippen LogP contribution in [0.5, 0.6) is 5.75 Å². The van der Waals surface area contributed by atoms with Gasteiger partial charge in [0.05, 0.1) is 17.7 Å². The second kappa shape index (κ2) is 10.4. The molecular weight excluding hydrogens is 476 g/mol. The highest BCUT2D eigenvalue weighted by molar-refractivity contribution is 6.51. The van der Waals surface area contributed by atoms with Gasteiger partial charge in [0.1, 0.15) is 11.5 Å². The number of benzene rings is 3. The van der Waals surface area contributed by atoms with Gasteiger partial charge in [0.25, 0.3) is 11.7 Å². The minimum absolute atomic E-state index is 0.0105. The molecule has 38 heavy (non-hydrogen) atoms. The lowest BCUT2D eigenvalue weighted by Crippen LogP contribution is -2.29. The number of aliphatic hydroxyl groups excluding tert-OH is 1. The number of rotatable bonds is 6. The standard InChI is InChI=1S/C32H34N2O4/c1-20(2)38-27-16-11-23(19-22(27)4)30(35)28-29(26-10-6-5-9-21(26)3)34(32(37)31(28)36)25-14-12-24(13-15-25)33-17-7-8-18-33/h5-6,9-16,19-20,29,35H,7-8,17-18H2,1-4H3/b30-28+. The van der Waals surface area contributed by atoms with Crippen molar-refractivity contribution in [2.24, 2.45) is 0 Å². The molecule has 1 atom stereocenters. The van der Waals surface area contributed by atoms with E-state index >= 15 is 0 Å². The van der Waals surface area contributed by atoms with Crippen molar-refractivity contribution >= 4 is 28.8 Å². The molecule has 6 heteroatoms. The minimum Gasteiger partial charge on any atom is -0.507 e. The molecule has 0 saturated carbocycles. The van der Waals surface area contributed by atoms with E-state index in [4.69, 9.17) is 4.74 Å². The van der Waals surface area contributed by atoms with Crippen molar-refractivity contribution in [2.75, 3.05) is 22.9 Å². The maximum atomic E-state index is 13.5. The molecule has 2 saturated heterocycles. The highest BCUT2D eigenvalue weighted by Gasteiger charge is 2.47. The number of Topliss-reactive ketones (excluding diaryl/α,β-unsaturated/α-hetero) is 1. The monoisotopic (exact) mass is 510 g/mol. The molecule has 196 valence electrons. The fraction of sp³-hybridized carbons (Fsp3) is 0.312. The normalized spacial score (nSPS) is 19.0. The number of aryl methyl sites for hydroxylation is 2. The van der Waals surface area contributed by atoms with E-state index in [0.717, 1.165) is 35.5 Å². The van der Waals surface area contributed by atoms with Gasteiger partial charge in [0.15, 0.2) is 0 Å². The van der Waals surface area contributed by atoms with Gasteiger partial charge < -0.3 is 14.7 Å². The molecule has 0 spiro atoms. The number of amides is 1. The van der Waals surface area contributed by atoms with Crippen LogP contribution in [0.25, 0.3) is 5.76 Å². The van der Waals surface area contributed by atoms with Crippen LogP contribution in [-0.2, 0) is 9.59 Å². The number of ketones is 1. The summed E-state index contributed by atoms with van der Waals surface area (Å²) in [5.41, 5.74) is 4.86. The van der Waals surface area contributed by atoms with E-state index in [9.17, 15) is 14.7 Å². The molecule has 1 N–H and O–H groups in total. The van der Waals surface area contributed by atoms with E-state index in [-0.39, 0.29) is 17.4 Å². The molecule has 0 radical (unpaired) electrons. The van der Waals surface area contributed by atoms with Gasteiger partial charge in [-0.2, -0.15) is 0 Å². The Morgan fingerprint density at radius 1 is 0.895 bits per heavy atom. The van der Waals surface area contributed by atoms with Gasteiger partial charge in [-0.1, -0.05) is 24.3 Å². The third-order valence-electron chi connectivity index (χ3n) is 7.34. The van der Waals surface area contributed by atoms with Crippen LogP contribution >= 0.6 is 0 Å². The summed E-state index contributed by atoms with van der Waals surface area (Å²) in [6, 6.07) is 20.0. The van der Waals surface area contributed by atoms with Crippen molar-refractivity contribution in [1.29, 1.82) is 0 Å². The summed E-state index contributed by atoms with van der Waals surface area (Å²) in [5, 5.41) is 11.5. The van der Waals surface area contributed by atoms with Crippen molar-refractivity contribution in [3.63, 3.8) is 0 Å². The van der Waals surface area contributed by atoms with Crippen molar-refractivity contribution in [3.8, 4) is 5.75 Å². The predicted molar refractivity (Wildman–Crippen MR) is 151 cm³/mol. The van der Waals surface area contributed by atoms with Crippen molar-refractivity contribution in [2.45, 2.75) is 52.7 Å². The Kier molecular flexibility index (Phi) is 6.98. The fourth-order valence-corrected chi connectivity index (χ4v) is 5.42. The Morgan fingerprint density at radius 3 is 2.18 bits per heavy atom. The summed E-state index contributed by atoms with van der Waals surface area (Å²) >= 11 is 0. The molecule has 2 aliphatic heterocycles. The van der Waals surface area contributed by atoms with Crippen LogP contribution in [-0.4, -0.2) is 36.0 Å². The summed E-state index contributed by atoms with van der Waals surface area (Å²) in [5.74, 6) is -0.817. The molecule has 1 amide bonds. The first-order chi connectivity index (χ1) is 18.3. The van der Waals surface area contributed by atoms with Gasteiger partial charge >= 0.3 is 0 Å². The second-order valence-electron chi connectivity index (χ2n) is 10.4. The molecule has 3 aromatic rings. The molecule has 2 fully saturated rings. The molecule has 0 aliphatic carbocycles. The molecule has 2 aliphatic rings. The zero-order valence-electron chi connectivity index (χ0n) is 22.4. The topological polar surface area (TPSA) is 70.1 Å². The van der Waals surface area contributed by atoms with E-state index in [2.05, 4.69) is 4.90 Å². The molecule has 0 bridgehead atoms. The lowest BCUT2D eigenvalue weighted by Gasteiger charge is -2.27. The van der Waals surface area contributed by atoms with Crippen LogP contribution in [0.15, 0.2) is 72.3 Å². The first kappa shape index (κ1) is 25.6. The van der Waals surface area contributed by atoms with E-state index in [0.29, 0.717) is 17.0 Å². The molecule has 1 unspecified atom stereocenters. The lowest BCUT2D eigenvalue weighted by molar-refractivity contribution is -0.132. The minimum atomic E-state index is -0.749. The second-order valence-corrected chi connectivity index (χ2v) is 10.4. The van der Waals surface area contributed by atoms with Crippen molar-refractivity contribution < 1.29 is 19.4 Å². The average molecular weight is 511 g/mol. The van der Waals surface area contributed by atoms with Crippen LogP contribution in [0.1, 0.15) is 55.0 Å². The Morgan fingerprint density at radius 2 is 1.55 bits per heavy atom. The summed E-state index contributed by atoms with van der Waals surface area (Å²) in [4.78, 5) is 30.9. The zero-order valence-corrected chi connectivity index (χ0v) is 22.4. The smallest absolute Gasteiger partial charge is 0.300 e. The molecule has 5 rings (SSSR count). The fourth-order valence-electron chi connectivity index (χ4n) is 5.42. The number of carbonyl (C=O) groups excluding carboxylic acids is 2. The largest absolute Gasteiger partial charge is 0.507 e. The van der Waals surface area contributed by atoms with E-state index < -0.39 is 17.7 Å². The van der Waals surface area contributed by atoms with Gasteiger partial charge in [0, 0.05) is 30.0 Å². The summed E-state index contributed by atoms with van der Waals surface area (Å²) in [6.45, 7) is 9.80. The van der Waals surface area contributed by atoms with E-state index in [1.165, 1.54) is 17.7 Å². The highest BCUT2D eigenvalue weighted by Crippen LogP contribution is 2.43. The van der Waals surface area contributed by atoms with Crippen LogP contribution in [0.3, 0.4) is 0 Å². The van der Waals surface area contributed by atoms with Gasteiger partial charge in [-0.3, -0.25) is 14.5 Å². The number of carbonyl (C=O) groups is 2. The van der Waals surface area contributed by atoms with Crippen LogP contribution < -0.4 is 14.5 Å². The maximum Gasteiger partial charge on any atom is 0.300 e. The Balaban J connectivity index is 1.61. The lowest BCUT2D eigenvalue weighted by atomic mass is 9.92. The molecule has 2 heterocycles. The first-order valence-electron chi connectivity index (χ1n) is 13.3. The number of ether oxygens (including phenoxy) is 1. The van der Waals surface area contributed by atoms with E-state index in [1.54, 1.807) is 18.2 Å². The molecular formula is C32H34N2O4. The van der Waals surface area contributed by atoms with Crippen molar-refractivity contribution in [3.05, 3.63) is 94.6 Å². The van der Waals surface area contributed by atoms with Crippen LogP contribution in [0.2, 0.25) is 0 Å². The highest BCUT2D eigenvalue weighted by atomic mass is 16.5. The SMILES string of the molecule is Cc1cc(/C(O)=C2\C(=O)C(=O)N(c3ccc(N4CCCC4)cc3)C2c2ccccc2C)ccc1OC(C)C. The summed E-state index contributed by atoms with van der Waals surface area (Å²) < 4.78 is 5.84. The third kappa shape index (κ3) is 4.67. The third-order valence-corrected chi connectivity index (χ3v) is 7.34. The van der Waals surface area contributed by atoms with Gasteiger partial charge in [-0.15, -0.1) is 0 Å². The quantitative estimate of drug-likeness (QED) is 0.239.